The molecule has 2 heterocycles. The van der Waals surface area contributed by atoms with Crippen molar-refractivity contribution in [2.24, 2.45) is 11.7 Å². The number of amides is 3. The molecule has 2 fully saturated rings. The minimum atomic E-state index is -1.10. The van der Waals surface area contributed by atoms with Crippen molar-refractivity contribution in [1.82, 2.24) is 9.80 Å². The number of carbonyl (C=O) groups is 3. The largest absolute Gasteiger partial charge is 0.480 e. The minimum absolute atomic E-state index is 0.199. The van der Waals surface area contributed by atoms with Crippen LogP contribution in [0.5, 0.6) is 0 Å². The summed E-state index contributed by atoms with van der Waals surface area (Å²) in [5.41, 5.74) is 4.10. The lowest BCUT2D eigenvalue weighted by Gasteiger charge is -2.38. The number of nitrogens with zero attached hydrogens (tertiary/aromatic N) is 2. The number of piperidine rings is 1. The average molecular weight is 297 g/mol. The predicted octanol–water partition coefficient (Wildman–Crippen LogP) is 0.633. The van der Waals surface area contributed by atoms with Crippen LogP contribution in [0.1, 0.15) is 39.0 Å². The van der Waals surface area contributed by atoms with E-state index in [1.165, 1.54) is 4.90 Å². The van der Waals surface area contributed by atoms with E-state index in [9.17, 15) is 19.5 Å². The molecule has 1 unspecified atom stereocenters. The summed E-state index contributed by atoms with van der Waals surface area (Å²) in [4.78, 5) is 38.1. The number of primary amides is 1. The molecule has 3 N–H and O–H groups in total. The van der Waals surface area contributed by atoms with Gasteiger partial charge in [-0.1, -0.05) is 0 Å². The zero-order chi connectivity index (χ0) is 15.6. The lowest BCUT2D eigenvalue weighted by atomic mass is 9.93. The van der Waals surface area contributed by atoms with E-state index in [2.05, 4.69) is 0 Å². The van der Waals surface area contributed by atoms with Crippen LogP contribution in [0.25, 0.3) is 0 Å². The molecule has 0 radical (unpaired) electrons. The zero-order valence-corrected chi connectivity index (χ0v) is 12.4. The van der Waals surface area contributed by atoms with Crippen LogP contribution in [0.15, 0.2) is 0 Å². The molecule has 2 rings (SSSR count). The molecule has 7 heteroatoms. The van der Waals surface area contributed by atoms with Crippen molar-refractivity contribution in [3.63, 3.8) is 0 Å². The molecule has 2 aliphatic rings. The minimum Gasteiger partial charge on any atom is -0.480 e. The third-order valence-corrected chi connectivity index (χ3v) is 4.71. The summed E-state index contributed by atoms with van der Waals surface area (Å²) in [6.07, 6.45) is 3.05. The van der Waals surface area contributed by atoms with Gasteiger partial charge in [-0.25, -0.2) is 9.59 Å². The topological polar surface area (TPSA) is 104 Å². The van der Waals surface area contributed by atoms with Crippen molar-refractivity contribution in [2.75, 3.05) is 19.6 Å². The van der Waals surface area contributed by atoms with E-state index in [1.807, 2.05) is 0 Å². The van der Waals surface area contributed by atoms with Gasteiger partial charge in [-0.3, -0.25) is 4.79 Å². The lowest BCUT2D eigenvalue weighted by Crippen LogP contribution is -2.56. The van der Waals surface area contributed by atoms with Crippen molar-refractivity contribution in [2.45, 2.75) is 44.6 Å². The van der Waals surface area contributed by atoms with E-state index in [1.54, 1.807) is 11.8 Å². The van der Waals surface area contributed by atoms with Gasteiger partial charge in [-0.15, -0.1) is 0 Å². The quantitative estimate of drug-likeness (QED) is 0.797. The van der Waals surface area contributed by atoms with Crippen LogP contribution >= 0.6 is 0 Å². The molecular weight excluding hydrogens is 274 g/mol. The molecule has 21 heavy (non-hydrogen) atoms. The van der Waals surface area contributed by atoms with Gasteiger partial charge in [-0.2, -0.15) is 0 Å². The van der Waals surface area contributed by atoms with Crippen molar-refractivity contribution in [3.8, 4) is 0 Å². The maximum Gasteiger partial charge on any atom is 0.329 e. The number of likely N-dealkylation sites (tertiary alicyclic amines) is 2. The number of aliphatic carboxylic acids is 1. The predicted molar refractivity (Wildman–Crippen MR) is 75.5 cm³/mol. The molecule has 0 aliphatic carbocycles. The zero-order valence-electron chi connectivity index (χ0n) is 12.4. The van der Waals surface area contributed by atoms with Gasteiger partial charge in [-0.05, 0) is 38.5 Å². The smallest absolute Gasteiger partial charge is 0.329 e. The fourth-order valence-electron chi connectivity index (χ4n) is 3.28. The highest BCUT2D eigenvalue weighted by atomic mass is 16.4. The van der Waals surface area contributed by atoms with Gasteiger partial charge in [0.05, 0.1) is 0 Å². The molecule has 0 saturated carbocycles. The van der Waals surface area contributed by atoms with Gasteiger partial charge in [0.25, 0.3) is 0 Å². The van der Waals surface area contributed by atoms with Gasteiger partial charge in [0.2, 0.25) is 5.91 Å². The lowest BCUT2D eigenvalue weighted by molar-refractivity contribution is -0.147. The van der Waals surface area contributed by atoms with Crippen LogP contribution in [-0.2, 0) is 9.59 Å². The summed E-state index contributed by atoms with van der Waals surface area (Å²) >= 11 is 0. The first-order chi connectivity index (χ1) is 9.84. The normalized spacial score (nSPS) is 26.9. The highest BCUT2D eigenvalue weighted by Crippen LogP contribution is 2.31. The number of carboxylic acids is 1. The Kier molecular flexibility index (Phi) is 4.39. The summed E-state index contributed by atoms with van der Waals surface area (Å²) in [5, 5.41) is 9.37. The highest BCUT2D eigenvalue weighted by molar-refractivity contribution is 5.86. The maximum absolute atomic E-state index is 12.5. The summed E-state index contributed by atoms with van der Waals surface area (Å²) < 4.78 is 0. The summed E-state index contributed by atoms with van der Waals surface area (Å²) in [7, 11) is 0. The fourth-order valence-corrected chi connectivity index (χ4v) is 3.28. The first-order valence-electron chi connectivity index (χ1n) is 7.43. The molecule has 2 saturated heterocycles. The third-order valence-electron chi connectivity index (χ3n) is 4.71. The molecule has 0 aromatic carbocycles. The van der Waals surface area contributed by atoms with Crippen LogP contribution in [-0.4, -0.2) is 58.0 Å². The Bertz CT molecular complexity index is 446. The molecule has 1 atom stereocenters. The Labute approximate surface area is 124 Å². The van der Waals surface area contributed by atoms with Crippen molar-refractivity contribution in [1.29, 1.82) is 0 Å². The second kappa shape index (κ2) is 5.91. The second-order valence-corrected chi connectivity index (χ2v) is 6.22. The van der Waals surface area contributed by atoms with E-state index < -0.39 is 11.5 Å². The van der Waals surface area contributed by atoms with E-state index in [-0.39, 0.29) is 17.9 Å². The fraction of sp³-hybridized carbons (Fsp3) is 0.786. The number of nitrogens with two attached hydrogens (primary N) is 1. The number of carboxylic acid groups (broad SMARTS) is 1. The molecule has 0 spiro atoms. The van der Waals surface area contributed by atoms with Crippen molar-refractivity contribution in [3.05, 3.63) is 0 Å². The summed E-state index contributed by atoms with van der Waals surface area (Å²) in [6, 6.07) is -0.199. The van der Waals surface area contributed by atoms with Crippen LogP contribution in [0.3, 0.4) is 0 Å². The number of hydrogen-bond acceptors (Lipinski definition) is 3. The van der Waals surface area contributed by atoms with Crippen LogP contribution in [0.2, 0.25) is 0 Å². The standard InChI is InChI=1S/C14H23N3O4/c1-14(12(19)20)5-2-6-17(14)13(21)16-7-3-10(4-8-16)9-11(15)18/h10H,2-9H2,1H3,(H2,15,18)(H,19,20). The summed E-state index contributed by atoms with van der Waals surface area (Å²) in [5.74, 6) is -1.02. The van der Waals surface area contributed by atoms with Gasteiger partial charge in [0.1, 0.15) is 5.54 Å². The van der Waals surface area contributed by atoms with Gasteiger partial charge < -0.3 is 20.6 Å². The number of rotatable bonds is 3. The summed E-state index contributed by atoms with van der Waals surface area (Å²) in [6.45, 7) is 3.22. The number of carbonyl (C=O) groups excluding carboxylic acids is 2. The van der Waals surface area contributed by atoms with Gasteiger partial charge in [0, 0.05) is 26.1 Å². The molecule has 2 aliphatic heterocycles. The Morgan fingerprint density at radius 2 is 1.86 bits per heavy atom. The van der Waals surface area contributed by atoms with E-state index in [0.29, 0.717) is 38.9 Å². The average Bonchev–Trinajstić information content (AvgIpc) is 2.81. The Hall–Kier alpha value is -1.79. The molecule has 3 amide bonds. The second-order valence-electron chi connectivity index (χ2n) is 6.22. The van der Waals surface area contributed by atoms with E-state index in [0.717, 1.165) is 12.8 Å². The monoisotopic (exact) mass is 297 g/mol. The number of urea groups is 1. The van der Waals surface area contributed by atoms with Crippen molar-refractivity contribution >= 4 is 17.9 Å². The molecule has 118 valence electrons. The molecule has 0 aromatic heterocycles. The maximum atomic E-state index is 12.5. The van der Waals surface area contributed by atoms with Crippen LogP contribution < -0.4 is 5.73 Å². The van der Waals surface area contributed by atoms with E-state index in [4.69, 9.17) is 5.73 Å². The first kappa shape index (κ1) is 15.6. The van der Waals surface area contributed by atoms with Crippen LogP contribution in [0.4, 0.5) is 4.79 Å². The Balaban J connectivity index is 1.96. The number of hydrogen-bond donors (Lipinski definition) is 2. The molecule has 7 nitrogen and oxygen atoms in total. The molecule has 0 bridgehead atoms. The highest BCUT2D eigenvalue weighted by Gasteiger charge is 2.47. The van der Waals surface area contributed by atoms with Gasteiger partial charge >= 0.3 is 12.0 Å². The molecular formula is C14H23N3O4. The Morgan fingerprint density at radius 3 is 2.38 bits per heavy atom. The molecule has 0 aromatic rings. The Morgan fingerprint density at radius 1 is 1.24 bits per heavy atom. The SMILES string of the molecule is CC1(C(=O)O)CCCN1C(=O)N1CCC(CC(N)=O)CC1. The van der Waals surface area contributed by atoms with Gasteiger partial charge in [0.15, 0.2) is 0 Å². The van der Waals surface area contributed by atoms with Crippen molar-refractivity contribution < 1.29 is 19.5 Å². The van der Waals surface area contributed by atoms with E-state index >= 15 is 0 Å². The van der Waals surface area contributed by atoms with Crippen LogP contribution in [0, 0.1) is 5.92 Å². The third kappa shape index (κ3) is 3.11. The first-order valence-corrected chi connectivity index (χ1v) is 7.43.